The molecule has 0 saturated carbocycles. The van der Waals surface area contributed by atoms with E-state index in [2.05, 4.69) is 5.32 Å². The predicted molar refractivity (Wildman–Crippen MR) is 156 cm³/mol. The van der Waals surface area contributed by atoms with Crippen LogP contribution in [0.3, 0.4) is 0 Å². The summed E-state index contributed by atoms with van der Waals surface area (Å²) in [4.78, 5) is 55.4. The van der Waals surface area contributed by atoms with Crippen LogP contribution in [0.15, 0.2) is 88.7 Å². The van der Waals surface area contributed by atoms with E-state index in [1.165, 1.54) is 21.2 Å². The van der Waals surface area contributed by atoms with Crippen LogP contribution in [-0.4, -0.2) is 34.6 Å². The maximum absolute atomic E-state index is 13.8. The molecule has 40 heavy (non-hydrogen) atoms. The maximum atomic E-state index is 13.8. The predicted octanol–water partition coefficient (Wildman–Crippen LogP) is 5.01. The van der Waals surface area contributed by atoms with Crippen LogP contribution in [-0.2, 0) is 20.9 Å². The Bertz CT molecular complexity index is 1670. The van der Waals surface area contributed by atoms with Crippen molar-refractivity contribution >= 4 is 63.8 Å². The molecule has 0 radical (unpaired) electrons. The van der Waals surface area contributed by atoms with E-state index in [0.717, 1.165) is 16.9 Å². The molecule has 0 aliphatic carbocycles. The van der Waals surface area contributed by atoms with Crippen molar-refractivity contribution in [1.29, 1.82) is 0 Å². The summed E-state index contributed by atoms with van der Waals surface area (Å²) in [6, 6.07) is 22.8. The average molecular weight is 592 g/mol. The van der Waals surface area contributed by atoms with Crippen molar-refractivity contribution < 1.29 is 19.1 Å². The van der Waals surface area contributed by atoms with Crippen LogP contribution in [0.4, 0.5) is 11.4 Å². The Morgan fingerprint density at radius 2 is 1.65 bits per heavy atom. The number of nitrogens with zero attached hydrogens (tertiary/aromatic N) is 2. The molecule has 1 aromatic heterocycles. The standard InChI is InChI=1S/C29H22ClN3O5S2/c1-38-20-13-11-18(12-14-20)31-21(34)15-32-28-25(40-29(32)37)22(16-7-9-17(30)10-8-16)23-24(39-28)27(36)33(26(23)35)19-5-3-2-4-6-19/h2-14,22-24H,15H2,1H3,(H,31,34)/t22-,23-,24+/m0/s1. The molecular weight excluding hydrogens is 570 g/mol. The summed E-state index contributed by atoms with van der Waals surface area (Å²) >= 11 is 8.33. The van der Waals surface area contributed by atoms with Gasteiger partial charge in [0.05, 0.1) is 23.7 Å². The number of ether oxygens (including phenoxy) is 1. The van der Waals surface area contributed by atoms with Crippen LogP contribution in [0.5, 0.6) is 5.75 Å². The lowest BCUT2D eigenvalue weighted by Crippen LogP contribution is -2.33. The van der Waals surface area contributed by atoms with Crippen molar-refractivity contribution in [2.24, 2.45) is 5.92 Å². The quantitative estimate of drug-likeness (QED) is 0.317. The van der Waals surface area contributed by atoms with Gasteiger partial charge in [0.25, 0.3) is 0 Å². The number of aromatic nitrogens is 1. The molecule has 1 N–H and O–H groups in total. The number of thioether (sulfide) groups is 1. The number of fused-ring (bicyclic) bond motifs is 2. The molecule has 0 spiro atoms. The Hall–Kier alpha value is -3.86. The van der Waals surface area contributed by atoms with Gasteiger partial charge in [-0.2, -0.15) is 0 Å². The topological polar surface area (TPSA) is 97.7 Å². The fourth-order valence-corrected chi connectivity index (χ4v) is 8.03. The van der Waals surface area contributed by atoms with Gasteiger partial charge >= 0.3 is 4.87 Å². The lowest BCUT2D eigenvalue weighted by Gasteiger charge is -2.30. The lowest BCUT2D eigenvalue weighted by molar-refractivity contribution is -0.122. The van der Waals surface area contributed by atoms with Crippen LogP contribution < -0.4 is 19.8 Å². The van der Waals surface area contributed by atoms with Crippen LogP contribution in [0.2, 0.25) is 5.02 Å². The minimum absolute atomic E-state index is 0.237. The Morgan fingerprint density at radius 3 is 2.33 bits per heavy atom. The number of carbonyl (C=O) groups excluding carboxylic acids is 3. The molecule has 11 heteroatoms. The van der Waals surface area contributed by atoms with Crippen LogP contribution in [0, 0.1) is 5.92 Å². The number of hydrogen-bond donors (Lipinski definition) is 1. The monoisotopic (exact) mass is 591 g/mol. The van der Waals surface area contributed by atoms with E-state index in [0.29, 0.717) is 32.1 Å². The first-order valence-corrected chi connectivity index (χ1v) is 14.5. The largest absolute Gasteiger partial charge is 0.497 e. The van der Waals surface area contributed by atoms with Crippen molar-refractivity contribution in [1.82, 2.24) is 4.57 Å². The highest BCUT2D eigenvalue weighted by atomic mass is 35.5. The second kappa shape index (κ2) is 10.6. The third-order valence-corrected chi connectivity index (χ3v) is 9.82. The number of imide groups is 1. The van der Waals surface area contributed by atoms with Gasteiger partial charge in [-0.3, -0.25) is 23.7 Å². The summed E-state index contributed by atoms with van der Waals surface area (Å²) in [5.74, 6) is -1.66. The number of methoxy groups -OCH3 is 1. The summed E-state index contributed by atoms with van der Waals surface area (Å²) in [6.45, 7) is -0.237. The smallest absolute Gasteiger partial charge is 0.308 e. The van der Waals surface area contributed by atoms with Gasteiger partial charge in [0, 0.05) is 21.5 Å². The Kier molecular flexibility index (Phi) is 6.99. The van der Waals surface area contributed by atoms with E-state index >= 15 is 0 Å². The second-order valence-electron chi connectivity index (χ2n) is 9.34. The van der Waals surface area contributed by atoms with Gasteiger partial charge in [-0.05, 0) is 54.1 Å². The van der Waals surface area contributed by atoms with Gasteiger partial charge < -0.3 is 10.1 Å². The fraction of sp³-hybridized carbons (Fsp3) is 0.172. The molecule has 8 nitrogen and oxygen atoms in total. The molecule has 1 saturated heterocycles. The van der Waals surface area contributed by atoms with Gasteiger partial charge in [0.2, 0.25) is 17.7 Å². The second-order valence-corrected chi connectivity index (χ2v) is 11.9. The SMILES string of the molecule is COc1ccc(NC(=O)Cn2c3c(sc2=O)[C@@H](c2ccc(Cl)cc2)[C@@H]2C(=O)N(c4ccccc4)C(=O)[C@@H]2S3)cc1. The highest BCUT2D eigenvalue weighted by Gasteiger charge is 2.56. The van der Waals surface area contributed by atoms with E-state index in [-0.39, 0.29) is 23.2 Å². The number of anilines is 2. The number of nitrogens with one attached hydrogen (secondary N) is 1. The molecule has 3 heterocycles. The van der Waals surface area contributed by atoms with E-state index in [4.69, 9.17) is 16.3 Å². The van der Waals surface area contributed by atoms with Crippen LogP contribution in [0.25, 0.3) is 0 Å². The lowest BCUT2D eigenvalue weighted by atomic mass is 9.83. The number of para-hydroxylation sites is 1. The number of hydrogen-bond acceptors (Lipinski definition) is 7. The molecule has 6 rings (SSSR count). The first-order chi connectivity index (χ1) is 19.4. The number of rotatable bonds is 6. The third-order valence-electron chi connectivity index (χ3n) is 6.97. The highest BCUT2D eigenvalue weighted by molar-refractivity contribution is 8.00. The summed E-state index contributed by atoms with van der Waals surface area (Å²) < 4.78 is 6.55. The molecular formula is C29H22ClN3O5S2. The number of carbonyl (C=O) groups is 3. The van der Waals surface area contributed by atoms with Crippen molar-refractivity contribution in [3.05, 3.63) is 104 Å². The Balaban J connectivity index is 1.38. The molecule has 202 valence electrons. The van der Waals surface area contributed by atoms with Gasteiger partial charge in [0.15, 0.2) is 0 Å². The first-order valence-electron chi connectivity index (χ1n) is 12.4. The molecule has 3 aromatic carbocycles. The van der Waals surface area contributed by atoms with Gasteiger partial charge in [-0.15, -0.1) is 0 Å². The van der Waals surface area contributed by atoms with Gasteiger partial charge in [-0.1, -0.05) is 65.0 Å². The molecule has 1 fully saturated rings. The number of halogens is 1. The molecule has 3 atom stereocenters. The van der Waals surface area contributed by atoms with Crippen molar-refractivity contribution in [3.8, 4) is 5.75 Å². The minimum Gasteiger partial charge on any atom is -0.497 e. The zero-order chi connectivity index (χ0) is 28.0. The summed E-state index contributed by atoms with van der Waals surface area (Å²) in [5.41, 5.74) is 1.83. The third kappa shape index (κ3) is 4.61. The van der Waals surface area contributed by atoms with E-state index in [9.17, 15) is 19.2 Å². The summed E-state index contributed by atoms with van der Waals surface area (Å²) in [6.07, 6.45) is 0. The Labute approximate surface area is 242 Å². The van der Waals surface area contributed by atoms with Crippen LogP contribution in [0.1, 0.15) is 16.4 Å². The molecule has 2 aliphatic heterocycles. The molecule has 0 unspecified atom stereocenters. The fourth-order valence-electron chi connectivity index (χ4n) is 5.13. The average Bonchev–Trinajstić information content (AvgIpc) is 3.40. The molecule has 4 aromatic rings. The molecule has 3 amide bonds. The zero-order valence-corrected chi connectivity index (χ0v) is 23.5. The van der Waals surface area contributed by atoms with E-state index in [1.54, 1.807) is 67.8 Å². The van der Waals surface area contributed by atoms with E-state index < -0.39 is 23.0 Å². The highest BCUT2D eigenvalue weighted by Crippen LogP contribution is 2.53. The number of amides is 3. The molecule has 0 bridgehead atoms. The van der Waals surface area contributed by atoms with Crippen molar-refractivity contribution in [3.63, 3.8) is 0 Å². The van der Waals surface area contributed by atoms with Gasteiger partial charge in [0.1, 0.15) is 17.5 Å². The summed E-state index contributed by atoms with van der Waals surface area (Å²) in [5, 5.41) is 3.10. The maximum Gasteiger partial charge on any atom is 0.308 e. The van der Waals surface area contributed by atoms with Gasteiger partial charge in [-0.25, -0.2) is 4.90 Å². The molecule has 2 aliphatic rings. The normalized spacial score (nSPS) is 19.8. The van der Waals surface area contributed by atoms with Crippen molar-refractivity contribution in [2.45, 2.75) is 22.7 Å². The summed E-state index contributed by atoms with van der Waals surface area (Å²) in [7, 11) is 1.56. The number of thiazole rings is 1. The van der Waals surface area contributed by atoms with Crippen LogP contribution >= 0.6 is 34.7 Å². The first kappa shape index (κ1) is 26.4. The zero-order valence-electron chi connectivity index (χ0n) is 21.1. The minimum atomic E-state index is -0.759. The van der Waals surface area contributed by atoms with E-state index in [1.807, 2.05) is 18.2 Å². The van der Waals surface area contributed by atoms with Crippen molar-refractivity contribution in [2.75, 3.05) is 17.3 Å². The Morgan fingerprint density at radius 1 is 0.950 bits per heavy atom. The number of benzene rings is 3.